The van der Waals surface area contributed by atoms with Gasteiger partial charge >= 0.3 is 0 Å². The Morgan fingerprint density at radius 3 is 2.33 bits per heavy atom. The number of hydrogen-bond donors (Lipinski definition) is 0. The van der Waals surface area contributed by atoms with Crippen LogP contribution in [-0.2, 0) is 14.1 Å². The Hall–Kier alpha value is -2.29. The summed E-state index contributed by atoms with van der Waals surface area (Å²) >= 11 is 0. The Bertz CT molecular complexity index is 662. The Morgan fingerprint density at radius 1 is 0.889 bits per heavy atom. The van der Waals surface area contributed by atoms with Gasteiger partial charge in [0.05, 0.1) is 5.69 Å². The first kappa shape index (κ1) is 10.8. The zero-order valence-electron chi connectivity index (χ0n) is 10.5. The summed E-state index contributed by atoms with van der Waals surface area (Å²) in [4.78, 5) is 4.44. The maximum atomic E-state index is 4.44. The quantitative estimate of drug-likeness (QED) is 0.671. The number of rotatable bonds is 2. The smallest absolute Gasteiger partial charge is 0.141 e. The molecule has 3 nitrogen and oxygen atoms in total. The standard InChI is InChI=1S/C15H15N3/c1-17-10-8-13(15-16-9-11-18(15)2)14(17)12-6-4-3-5-7-12/h3-11H,1-2H3. The molecule has 0 amide bonds. The van der Waals surface area contributed by atoms with Gasteiger partial charge in [0.15, 0.2) is 0 Å². The fourth-order valence-corrected chi connectivity index (χ4v) is 2.29. The molecule has 0 aliphatic carbocycles. The predicted molar refractivity (Wildman–Crippen MR) is 73.1 cm³/mol. The van der Waals surface area contributed by atoms with Crippen molar-refractivity contribution in [3.63, 3.8) is 0 Å². The van der Waals surface area contributed by atoms with Crippen LogP contribution in [0.15, 0.2) is 55.0 Å². The van der Waals surface area contributed by atoms with E-state index in [1.807, 2.05) is 30.1 Å². The van der Waals surface area contributed by atoms with E-state index in [-0.39, 0.29) is 0 Å². The maximum absolute atomic E-state index is 4.44. The average molecular weight is 237 g/mol. The lowest BCUT2D eigenvalue weighted by Crippen LogP contribution is -1.95. The molecule has 90 valence electrons. The van der Waals surface area contributed by atoms with Crippen molar-refractivity contribution in [2.24, 2.45) is 14.1 Å². The largest absolute Gasteiger partial charge is 0.350 e. The summed E-state index contributed by atoms with van der Waals surface area (Å²) in [5, 5.41) is 0. The van der Waals surface area contributed by atoms with Gasteiger partial charge < -0.3 is 9.13 Å². The number of imidazole rings is 1. The summed E-state index contributed by atoms with van der Waals surface area (Å²) in [6.45, 7) is 0. The van der Waals surface area contributed by atoms with Crippen LogP contribution in [-0.4, -0.2) is 14.1 Å². The number of hydrogen-bond acceptors (Lipinski definition) is 1. The van der Waals surface area contributed by atoms with Crippen LogP contribution in [0.1, 0.15) is 0 Å². The van der Waals surface area contributed by atoms with E-state index in [1.165, 1.54) is 11.3 Å². The van der Waals surface area contributed by atoms with Crippen molar-refractivity contribution >= 4 is 0 Å². The van der Waals surface area contributed by atoms with Crippen LogP contribution >= 0.6 is 0 Å². The van der Waals surface area contributed by atoms with Crippen molar-refractivity contribution in [1.29, 1.82) is 0 Å². The average Bonchev–Trinajstić information content (AvgIpc) is 2.96. The number of aryl methyl sites for hydroxylation is 2. The summed E-state index contributed by atoms with van der Waals surface area (Å²) in [6, 6.07) is 12.5. The summed E-state index contributed by atoms with van der Waals surface area (Å²) in [5.74, 6) is 0.995. The van der Waals surface area contributed by atoms with E-state index in [0.29, 0.717) is 0 Å². The van der Waals surface area contributed by atoms with E-state index < -0.39 is 0 Å². The van der Waals surface area contributed by atoms with Gasteiger partial charge in [-0.15, -0.1) is 0 Å². The van der Waals surface area contributed by atoms with E-state index in [9.17, 15) is 0 Å². The van der Waals surface area contributed by atoms with Crippen molar-refractivity contribution in [1.82, 2.24) is 14.1 Å². The molecule has 0 saturated heterocycles. The van der Waals surface area contributed by atoms with E-state index in [0.717, 1.165) is 11.4 Å². The molecule has 1 aromatic carbocycles. The molecule has 0 radical (unpaired) electrons. The molecular formula is C15H15N3. The summed E-state index contributed by atoms with van der Waals surface area (Å²) in [6.07, 6.45) is 5.88. The van der Waals surface area contributed by atoms with Crippen molar-refractivity contribution in [2.75, 3.05) is 0 Å². The molecular weight excluding hydrogens is 222 g/mol. The lowest BCUT2D eigenvalue weighted by atomic mass is 10.1. The monoisotopic (exact) mass is 237 g/mol. The molecule has 3 rings (SSSR count). The molecule has 18 heavy (non-hydrogen) atoms. The predicted octanol–water partition coefficient (Wildman–Crippen LogP) is 3.09. The second-order valence-electron chi connectivity index (χ2n) is 4.42. The molecule has 0 fully saturated rings. The van der Waals surface area contributed by atoms with Crippen LogP contribution in [0.4, 0.5) is 0 Å². The first-order valence-electron chi connectivity index (χ1n) is 5.96. The topological polar surface area (TPSA) is 22.8 Å². The summed E-state index contributed by atoms with van der Waals surface area (Å²) < 4.78 is 4.18. The van der Waals surface area contributed by atoms with Gasteiger partial charge in [0, 0.05) is 38.2 Å². The normalized spacial score (nSPS) is 10.8. The third-order valence-electron chi connectivity index (χ3n) is 3.18. The first-order chi connectivity index (χ1) is 8.77. The summed E-state index contributed by atoms with van der Waals surface area (Å²) in [7, 11) is 4.08. The Labute approximate surface area is 106 Å². The highest BCUT2D eigenvalue weighted by molar-refractivity contribution is 5.78. The van der Waals surface area contributed by atoms with Crippen LogP contribution < -0.4 is 0 Å². The fourth-order valence-electron chi connectivity index (χ4n) is 2.29. The highest BCUT2D eigenvalue weighted by Crippen LogP contribution is 2.31. The molecule has 0 saturated carbocycles. The highest BCUT2D eigenvalue weighted by atomic mass is 15.0. The zero-order chi connectivity index (χ0) is 12.5. The van der Waals surface area contributed by atoms with E-state index in [2.05, 4.69) is 53.1 Å². The van der Waals surface area contributed by atoms with Crippen LogP contribution in [0.2, 0.25) is 0 Å². The lowest BCUT2D eigenvalue weighted by Gasteiger charge is -2.08. The van der Waals surface area contributed by atoms with E-state index in [4.69, 9.17) is 0 Å². The minimum Gasteiger partial charge on any atom is -0.350 e. The van der Waals surface area contributed by atoms with Crippen molar-refractivity contribution in [3.05, 3.63) is 55.0 Å². The van der Waals surface area contributed by atoms with Gasteiger partial charge in [-0.2, -0.15) is 0 Å². The van der Waals surface area contributed by atoms with Crippen LogP contribution in [0.5, 0.6) is 0 Å². The highest BCUT2D eigenvalue weighted by Gasteiger charge is 2.13. The molecule has 2 aromatic heterocycles. The lowest BCUT2D eigenvalue weighted by molar-refractivity contribution is 0.916. The van der Waals surface area contributed by atoms with Crippen LogP contribution in [0.3, 0.4) is 0 Å². The minimum absolute atomic E-state index is 0.995. The van der Waals surface area contributed by atoms with Crippen LogP contribution in [0, 0.1) is 0 Å². The molecule has 0 aliphatic heterocycles. The van der Waals surface area contributed by atoms with Gasteiger partial charge in [0.1, 0.15) is 5.82 Å². The van der Waals surface area contributed by atoms with Gasteiger partial charge in [-0.25, -0.2) is 4.98 Å². The number of nitrogens with zero attached hydrogens (tertiary/aromatic N) is 3. The van der Waals surface area contributed by atoms with Crippen molar-refractivity contribution < 1.29 is 0 Å². The molecule has 0 atom stereocenters. The SMILES string of the molecule is Cn1ccnc1-c1ccn(C)c1-c1ccccc1. The Kier molecular flexibility index (Phi) is 2.52. The number of benzene rings is 1. The van der Waals surface area contributed by atoms with Gasteiger partial charge in [0.2, 0.25) is 0 Å². The van der Waals surface area contributed by atoms with Crippen molar-refractivity contribution in [2.45, 2.75) is 0 Å². The Morgan fingerprint density at radius 2 is 1.67 bits per heavy atom. The van der Waals surface area contributed by atoms with Gasteiger partial charge in [-0.1, -0.05) is 30.3 Å². The number of aromatic nitrogens is 3. The van der Waals surface area contributed by atoms with Crippen LogP contribution in [0.25, 0.3) is 22.6 Å². The molecule has 0 N–H and O–H groups in total. The van der Waals surface area contributed by atoms with E-state index in [1.54, 1.807) is 0 Å². The molecule has 3 heteroatoms. The molecule has 0 spiro atoms. The summed E-state index contributed by atoms with van der Waals surface area (Å²) in [5.41, 5.74) is 3.57. The maximum Gasteiger partial charge on any atom is 0.141 e. The Balaban J connectivity index is 2.22. The first-order valence-corrected chi connectivity index (χ1v) is 5.96. The van der Waals surface area contributed by atoms with Gasteiger partial charge in [-0.05, 0) is 11.6 Å². The molecule has 3 aromatic rings. The molecule has 2 heterocycles. The minimum atomic E-state index is 0.995. The fraction of sp³-hybridized carbons (Fsp3) is 0.133. The molecule has 0 bridgehead atoms. The molecule has 0 unspecified atom stereocenters. The second kappa shape index (κ2) is 4.18. The second-order valence-corrected chi connectivity index (χ2v) is 4.42. The third kappa shape index (κ3) is 1.64. The zero-order valence-corrected chi connectivity index (χ0v) is 10.5. The molecule has 0 aliphatic rings. The van der Waals surface area contributed by atoms with Crippen molar-refractivity contribution in [3.8, 4) is 22.6 Å². The third-order valence-corrected chi connectivity index (χ3v) is 3.18. The van der Waals surface area contributed by atoms with E-state index >= 15 is 0 Å². The van der Waals surface area contributed by atoms with Gasteiger partial charge in [0.25, 0.3) is 0 Å². The van der Waals surface area contributed by atoms with Gasteiger partial charge in [-0.3, -0.25) is 0 Å².